The molecule has 26 heavy (non-hydrogen) atoms. The largest absolute Gasteiger partial charge is 0.465 e. The van der Waals surface area contributed by atoms with Crippen molar-refractivity contribution in [1.29, 1.82) is 0 Å². The molecule has 146 valence electrons. The van der Waals surface area contributed by atoms with Gasteiger partial charge in [0, 0.05) is 6.42 Å². The van der Waals surface area contributed by atoms with Crippen LogP contribution < -0.4 is 10.6 Å². The lowest BCUT2D eigenvalue weighted by molar-refractivity contribution is -0.580. The molecule has 3 aliphatic heterocycles. The fourth-order valence-corrected chi connectivity index (χ4v) is 4.92. The lowest BCUT2D eigenvalue weighted by atomic mass is 9.97. The van der Waals surface area contributed by atoms with Crippen LogP contribution in [0.15, 0.2) is 11.3 Å². The number of ether oxygens (including phenoxy) is 1. The fraction of sp³-hybridized carbons (Fsp3) is 0.810. The average molecular weight is 363 g/mol. The fourth-order valence-electron chi connectivity index (χ4n) is 4.92. The highest BCUT2D eigenvalue weighted by Gasteiger charge is 2.47. The van der Waals surface area contributed by atoms with E-state index in [0.29, 0.717) is 12.1 Å². The van der Waals surface area contributed by atoms with Crippen LogP contribution in [0.5, 0.6) is 0 Å². The molecule has 2 N–H and O–H groups in total. The summed E-state index contributed by atoms with van der Waals surface area (Å²) in [4.78, 5) is 12.2. The number of nitrogens with zero attached hydrogens (tertiary/aromatic N) is 1. The summed E-state index contributed by atoms with van der Waals surface area (Å²) in [6.07, 6.45) is 14.2. The summed E-state index contributed by atoms with van der Waals surface area (Å²) in [6.45, 7) is 4.26. The molecule has 3 atom stereocenters. The molecule has 0 bridgehead atoms. The normalized spacial score (nSPS) is 27.1. The lowest BCUT2D eigenvalue weighted by Crippen LogP contribution is -2.59. The summed E-state index contributed by atoms with van der Waals surface area (Å²) in [5.74, 6) is 0.923. The van der Waals surface area contributed by atoms with E-state index < -0.39 is 0 Å². The molecular formula is C21H36N3O2+. The third-order valence-electron chi connectivity index (χ3n) is 6.26. The first kappa shape index (κ1) is 19.2. The van der Waals surface area contributed by atoms with E-state index in [-0.39, 0.29) is 12.0 Å². The van der Waals surface area contributed by atoms with Crippen LogP contribution in [0.2, 0.25) is 0 Å². The molecule has 0 spiro atoms. The molecule has 3 aliphatic rings. The standard InChI is InChI=1S/C21H35N3O2/c1-4-5-6-7-8-9-10-11-16-14-17-12-13-18-19(20(25)26-3)15(2)22-21(23-16)24(17)18/h16-18H,4-14H2,1-3H3,(H,22,23,25)/p+1/t16-,17+,18+/m1/s1. The van der Waals surface area contributed by atoms with Gasteiger partial charge in [0.05, 0.1) is 24.9 Å². The second kappa shape index (κ2) is 8.92. The van der Waals surface area contributed by atoms with Gasteiger partial charge in [-0.2, -0.15) is 0 Å². The highest BCUT2D eigenvalue weighted by molar-refractivity contribution is 5.93. The zero-order valence-electron chi connectivity index (χ0n) is 16.8. The molecule has 0 unspecified atom stereocenters. The van der Waals surface area contributed by atoms with Gasteiger partial charge in [-0.3, -0.25) is 9.89 Å². The van der Waals surface area contributed by atoms with E-state index >= 15 is 0 Å². The van der Waals surface area contributed by atoms with Crippen molar-refractivity contribution in [2.24, 2.45) is 0 Å². The van der Waals surface area contributed by atoms with Gasteiger partial charge < -0.3 is 4.74 Å². The van der Waals surface area contributed by atoms with Crippen LogP contribution in [0.25, 0.3) is 0 Å². The predicted octanol–water partition coefficient (Wildman–Crippen LogP) is 3.44. The number of rotatable bonds is 9. The van der Waals surface area contributed by atoms with Crippen LogP contribution >= 0.6 is 0 Å². The molecule has 0 radical (unpaired) electrons. The van der Waals surface area contributed by atoms with Gasteiger partial charge in [0.2, 0.25) is 0 Å². The smallest absolute Gasteiger partial charge is 0.351 e. The van der Waals surface area contributed by atoms with Gasteiger partial charge in [0.25, 0.3) is 0 Å². The molecule has 0 aromatic heterocycles. The van der Waals surface area contributed by atoms with Gasteiger partial charge in [-0.05, 0) is 26.2 Å². The Kier molecular flexibility index (Phi) is 6.60. The SMILES string of the molecule is CCCCCCCCC[C@@H]1C[C@@H]2CC[C@H]3C(C(=O)OC)=C(C)NC(=[N+]23)N1. The number of guanidine groups is 1. The van der Waals surface area contributed by atoms with Gasteiger partial charge in [-0.25, -0.2) is 10.1 Å². The van der Waals surface area contributed by atoms with Gasteiger partial charge in [-0.15, -0.1) is 0 Å². The molecular weight excluding hydrogens is 326 g/mol. The summed E-state index contributed by atoms with van der Waals surface area (Å²) < 4.78 is 7.42. The Morgan fingerprint density at radius 3 is 2.62 bits per heavy atom. The zero-order chi connectivity index (χ0) is 18.5. The molecule has 1 saturated heterocycles. The Morgan fingerprint density at radius 2 is 1.88 bits per heavy atom. The molecule has 0 aliphatic carbocycles. The first-order valence-corrected chi connectivity index (χ1v) is 10.6. The van der Waals surface area contributed by atoms with Gasteiger partial charge in [0.1, 0.15) is 11.6 Å². The number of carbonyl (C=O) groups excluding carboxylic acids is 1. The summed E-state index contributed by atoms with van der Waals surface area (Å²) in [7, 11) is 1.47. The predicted molar refractivity (Wildman–Crippen MR) is 104 cm³/mol. The number of hydrogen-bond acceptors (Lipinski definition) is 4. The van der Waals surface area contributed by atoms with Gasteiger partial charge in [0.15, 0.2) is 0 Å². The number of unbranched alkanes of at least 4 members (excludes halogenated alkanes) is 6. The van der Waals surface area contributed by atoms with Crippen LogP contribution in [0, 0.1) is 0 Å². The topological polar surface area (TPSA) is 53.4 Å². The van der Waals surface area contributed by atoms with Gasteiger partial charge in [-0.1, -0.05) is 51.9 Å². The molecule has 3 heterocycles. The van der Waals surface area contributed by atoms with E-state index in [1.165, 1.54) is 71.3 Å². The van der Waals surface area contributed by atoms with E-state index in [1.807, 2.05) is 6.92 Å². The Balaban J connectivity index is 1.53. The number of carbonyl (C=O) groups is 1. The van der Waals surface area contributed by atoms with E-state index in [9.17, 15) is 4.79 Å². The monoisotopic (exact) mass is 362 g/mol. The average Bonchev–Trinajstić information content (AvgIpc) is 3.05. The first-order valence-electron chi connectivity index (χ1n) is 10.6. The quantitative estimate of drug-likeness (QED) is 0.375. The Hall–Kier alpha value is -1.52. The minimum Gasteiger partial charge on any atom is -0.465 e. The maximum Gasteiger partial charge on any atom is 0.351 e. The number of allylic oxidation sites excluding steroid dienone is 1. The number of hydrogen-bond donors (Lipinski definition) is 2. The Bertz CT molecular complexity index is 582. The summed E-state index contributed by atoms with van der Waals surface area (Å²) in [5, 5.41) is 7.17. The summed E-state index contributed by atoms with van der Waals surface area (Å²) in [6, 6.07) is 1.28. The zero-order valence-corrected chi connectivity index (χ0v) is 16.8. The van der Waals surface area contributed by atoms with Crippen molar-refractivity contribution in [1.82, 2.24) is 10.6 Å². The minimum atomic E-state index is -0.190. The van der Waals surface area contributed by atoms with E-state index in [1.54, 1.807) is 0 Å². The molecule has 3 rings (SSSR count). The molecule has 0 aromatic rings. The second-order valence-electron chi connectivity index (χ2n) is 8.15. The van der Waals surface area contributed by atoms with E-state index in [0.717, 1.165) is 23.7 Å². The Labute approximate surface area is 158 Å². The van der Waals surface area contributed by atoms with Crippen molar-refractivity contribution in [3.8, 4) is 0 Å². The molecule has 0 saturated carbocycles. The van der Waals surface area contributed by atoms with E-state index in [4.69, 9.17) is 4.74 Å². The van der Waals surface area contributed by atoms with Gasteiger partial charge >= 0.3 is 11.9 Å². The molecule has 0 aromatic carbocycles. The lowest BCUT2D eigenvalue weighted by Gasteiger charge is -2.33. The van der Waals surface area contributed by atoms with Crippen molar-refractivity contribution < 1.29 is 14.1 Å². The third kappa shape index (κ3) is 4.07. The summed E-state index contributed by atoms with van der Waals surface area (Å²) in [5.41, 5.74) is 1.75. The van der Waals surface area contributed by atoms with Crippen LogP contribution in [0.4, 0.5) is 0 Å². The minimum absolute atomic E-state index is 0.177. The van der Waals surface area contributed by atoms with Crippen LogP contribution in [-0.4, -0.2) is 41.7 Å². The highest BCUT2D eigenvalue weighted by atomic mass is 16.5. The third-order valence-corrected chi connectivity index (χ3v) is 6.26. The highest BCUT2D eigenvalue weighted by Crippen LogP contribution is 2.34. The molecule has 1 fully saturated rings. The maximum atomic E-state index is 12.2. The van der Waals surface area contributed by atoms with Crippen LogP contribution in [0.3, 0.4) is 0 Å². The number of nitrogens with one attached hydrogen (secondary N) is 2. The second-order valence-corrected chi connectivity index (χ2v) is 8.15. The first-order chi connectivity index (χ1) is 12.7. The Morgan fingerprint density at radius 1 is 1.15 bits per heavy atom. The van der Waals surface area contributed by atoms with Crippen molar-refractivity contribution in [3.05, 3.63) is 11.3 Å². The van der Waals surface area contributed by atoms with Crippen molar-refractivity contribution in [2.45, 2.75) is 103 Å². The molecule has 5 heteroatoms. The molecule has 0 amide bonds. The summed E-state index contributed by atoms with van der Waals surface area (Å²) >= 11 is 0. The van der Waals surface area contributed by atoms with E-state index in [2.05, 4.69) is 22.1 Å². The number of esters is 1. The van der Waals surface area contributed by atoms with Crippen molar-refractivity contribution in [2.75, 3.05) is 7.11 Å². The molecule has 5 nitrogen and oxygen atoms in total. The van der Waals surface area contributed by atoms with Crippen molar-refractivity contribution >= 4 is 11.9 Å². The van der Waals surface area contributed by atoms with Crippen molar-refractivity contribution in [3.63, 3.8) is 0 Å². The number of methoxy groups -OCH3 is 1. The maximum absolute atomic E-state index is 12.2. The van der Waals surface area contributed by atoms with Crippen LogP contribution in [0.1, 0.15) is 84.5 Å². The van der Waals surface area contributed by atoms with Crippen LogP contribution in [-0.2, 0) is 9.53 Å².